The van der Waals surface area contributed by atoms with E-state index in [2.05, 4.69) is 25.9 Å². The van der Waals surface area contributed by atoms with Crippen LogP contribution in [0, 0.1) is 5.92 Å². The van der Waals surface area contributed by atoms with Gasteiger partial charge in [-0.15, -0.1) is 0 Å². The van der Waals surface area contributed by atoms with Gasteiger partial charge in [0.15, 0.2) is 0 Å². The number of imidazole rings is 1. The van der Waals surface area contributed by atoms with Crippen LogP contribution < -0.4 is 33.2 Å². The van der Waals surface area contributed by atoms with Gasteiger partial charge in [0.1, 0.15) is 18.1 Å². The Labute approximate surface area is 215 Å². The highest BCUT2D eigenvalue weighted by Gasteiger charge is 2.32. The summed E-state index contributed by atoms with van der Waals surface area (Å²) < 4.78 is 0. The molecule has 0 fully saturated rings. The number of hydrogen-bond acceptors (Lipinski definition) is 8. The van der Waals surface area contributed by atoms with Crippen LogP contribution in [0.25, 0.3) is 0 Å². The van der Waals surface area contributed by atoms with Crippen LogP contribution in [0.4, 0.5) is 0 Å². The highest BCUT2D eigenvalue weighted by Crippen LogP contribution is 2.10. The van der Waals surface area contributed by atoms with Crippen molar-refractivity contribution >= 4 is 29.6 Å². The van der Waals surface area contributed by atoms with Gasteiger partial charge in [0.2, 0.25) is 23.6 Å². The molecule has 11 N–H and O–H groups in total. The minimum absolute atomic E-state index is 0.0157. The molecule has 1 rings (SSSR count). The van der Waals surface area contributed by atoms with Crippen molar-refractivity contribution in [1.82, 2.24) is 25.9 Å². The summed E-state index contributed by atoms with van der Waals surface area (Å²) >= 11 is 0. The molecule has 1 aromatic heterocycles. The molecule has 0 aliphatic heterocycles. The van der Waals surface area contributed by atoms with Gasteiger partial charge in [-0.05, 0) is 31.7 Å². The number of carbonyl (C=O) groups excluding carboxylic acids is 4. The second kappa shape index (κ2) is 16.3. The molecular weight excluding hydrogens is 484 g/mol. The quantitative estimate of drug-likeness (QED) is 0.101. The number of nitrogens with two attached hydrogens (primary N) is 3. The molecule has 0 bridgehead atoms. The number of hydrogen-bond donors (Lipinski definition) is 8. The molecule has 5 atom stereocenters. The van der Waals surface area contributed by atoms with Crippen LogP contribution in [0.15, 0.2) is 12.5 Å². The van der Waals surface area contributed by atoms with Gasteiger partial charge in [0, 0.05) is 24.7 Å². The molecule has 0 aliphatic rings. The summed E-state index contributed by atoms with van der Waals surface area (Å²) in [6.07, 6.45) is 4.70. The molecule has 1 heterocycles. The predicted molar refractivity (Wildman–Crippen MR) is 134 cm³/mol. The summed E-state index contributed by atoms with van der Waals surface area (Å²) in [6, 6.07) is -4.48. The van der Waals surface area contributed by atoms with Crippen LogP contribution in [0.3, 0.4) is 0 Å². The lowest BCUT2D eigenvalue weighted by Crippen LogP contribution is -2.58. The number of carboxylic acid groups (broad SMARTS) is 1. The van der Waals surface area contributed by atoms with Gasteiger partial charge < -0.3 is 43.2 Å². The molecule has 208 valence electrons. The van der Waals surface area contributed by atoms with Crippen LogP contribution >= 0.6 is 0 Å². The van der Waals surface area contributed by atoms with E-state index >= 15 is 0 Å². The molecule has 0 saturated heterocycles. The van der Waals surface area contributed by atoms with Gasteiger partial charge in [0.05, 0.1) is 12.4 Å². The minimum Gasteiger partial charge on any atom is -0.480 e. The maximum absolute atomic E-state index is 13.2. The zero-order valence-electron chi connectivity index (χ0n) is 21.4. The summed E-state index contributed by atoms with van der Waals surface area (Å²) in [5, 5.41) is 17.1. The van der Waals surface area contributed by atoms with Crippen molar-refractivity contribution in [3.05, 3.63) is 18.2 Å². The van der Waals surface area contributed by atoms with E-state index < -0.39 is 53.8 Å². The van der Waals surface area contributed by atoms with Gasteiger partial charge in [0.25, 0.3) is 0 Å². The molecule has 0 spiro atoms. The number of aromatic nitrogens is 2. The molecule has 0 aliphatic carbocycles. The smallest absolute Gasteiger partial charge is 0.326 e. The summed E-state index contributed by atoms with van der Waals surface area (Å²) in [4.78, 5) is 68.6. The van der Waals surface area contributed by atoms with E-state index in [0.717, 1.165) is 0 Å². The minimum atomic E-state index is -1.27. The predicted octanol–water partition coefficient (Wildman–Crippen LogP) is -1.74. The molecule has 1 aromatic rings. The Morgan fingerprint density at radius 2 is 1.68 bits per heavy atom. The number of rotatable bonds is 18. The van der Waals surface area contributed by atoms with Gasteiger partial charge in [-0.1, -0.05) is 26.7 Å². The van der Waals surface area contributed by atoms with Gasteiger partial charge in [-0.3, -0.25) is 19.2 Å². The number of unbranched alkanes of at least 4 members (excludes halogenated alkanes) is 1. The van der Waals surface area contributed by atoms with Crippen molar-refractivity contribution in [2.24, 2.45) is 23.1 Å². The molecular formula is C23H40N8O6. The van der Waals surface area contributed by atoms with Crippen LogP contribution in [0.2, 0.25) is 0 Å². The standard InChI is InChI=1S/C23H40N8O6/c1-3-13(2)19(23(36)37)31-21(34)16(7-8-18(26)32)29-22(35)17(10-14-11-27-12-28-14)30-20(33)15(25)6-4-5-9-24/h11-13,15-17,19H,3-10,24-25H2,1-2H3,(H2,26,32)(H,27,28)(H,29,35)(H,30,33)(H,31,34)(H,36,37). The van der Waals surface area contributed by atoms with E-state index in [1.165, 1.54) is 12.5 Å². The first-order chi connectivity index (χ1) is 17.5. The zero-order valence-corrected chi connectivity index (χ0v) is 21.4. The number of aromatic amines is 1. The molecule has 14 nitrogen and oxygen atoms in total. The number of aliphatic carboxylic acids is 1. The second-order valence-corrected chi connectivity index (χ2v) is 9.01. The maximum Gasteiger partial charge on any atom is 0.326 e. The summed E-state index contributed by atoms with van der Waals surface area (Å²) in [5.41, 5.74) is 17.2. The third-order valence-electron chi connectivity index (χ3n) is 6.01. The number of primary amides is 1. The third kappa shape index (κ3) is 11.4. The fraction of sp³-hybridized carbons (Fsp3) is 0.652. The Morgan fingerprint density at radius 1 is 1.03 bits per heavy atom. The van der Waals surface area contributed by atoms with Crippen molar-refractivity contribution in [2.75, 3.05) is 6.54 Å². The highest BCUT2D eigenvalue weighted by molar-refractivity contribution is 5.94. The second-order valence-electron chi connectivity index (χ2n) is 9.01. The Morgan fingerprint density at radius 3 is 2.22 bits per heavy atom. The van der Waals surface area contributed by atoms with Crippen molar-refractivity contribution in [3.63, 3.8) is 0 Å². The van der Waals surface area contributed by atoms with E-state index in [9.17, 15) is 29.1 Å². The lowest BCUT2D eigenvalue weighted by atomic mass is 9.98. The molecule has 0 radical (unpaired) electrons. The molecule has 0 saturated carbocycles. The first kappa shape index (κ1) is 31.5. The number of carboxylic acids is 1. The van der Waals surface area contributed by atoms with Crippen molar-refractivity contribution < 1.29 is 29.1 Å². The number of nitrogens with zero attached hydrogens (tertiary/aromatic N) is 1. The average molecular weight is 525 g/mol. The Hall–Kier alpha value is -3.52. The van der Waals surface area contributed by atoms with Crippen LogP contribution in [0.5, 0.6) is 0 Å². The average Bonchev–Trinajstić information content (AvgIpc) is 3.36. The lowest BCUT2D eigenvalue weighted by molar-refractivity contribution is -0.144. The first-order valence-electron chi connectivity index (χ1n) is 12.3. The summed E-state index contributed by atoms with van der Waals surface area (Å²) in [6.45, 7) is 3.92. The van der Waals surface area contributed by atoms with E-state index in [1.807, 2.05) is 0 Å². The molecule has 0 aromatic carbocycles. The van der Waals surface area contributed by atoms with Crippen LogP contribution in [-0.2, 0) is 30.4 Å². The van der Waals surface area contributed by atoms with E-state index in [1.54, 1.807) is 13.8 Å². The molecule has 37 heavy (non-hydrogen) atoms. The Balaban J connectivity index is 3.06. The van der Waals surface area contributed by atoms with E-state index in [4.69, 9.17) is 17.2 Å². The van der Waals surface area contributed by atoms with E-state index in [0.29, 0.717) is 37.9 Å². The normalized spacial score (nSPS) is 15.0. The van der Waals surface area contributed by atoms with Crippen molar-refractivity contribution in [2.45, 2.75) is 83.0 Å². The van der Waals surface area contributed by atoms with E-state index in [-0.39, 0.29) is 25.2 Å². The number of H-pyrrole nitrogens is 1. The SMILES string of the molecule is CCC(C)C(NC(=O)C(CCC(N)=O)NC(=O)C(Cc1cnc[nH]1)NC(=O)C(N)CCCCN)C(=O)O. The third-order valence-corrected chi connectivity index (χ3v) is 6.01. The van der Waals surface area contributed by atoms with Gasteiger partial charge in [-0.2, -0.15) is 0 Å². The van der Waals surface area contributed by atoms with Crippen molar-refractivity contribution in [1.29, 1.82) is 0 Å². The Kier molecular flexibility index (Phi) is 13.9. The molecule has 4 amide bonds. The van der Waals surface area contributed by atoms with Crippen LogP contribution in [-0.4, -0.2) is 75.4 Å². The summed E-state index contributed by atoms with van der Waals surface area (Å²) in [5.74, 6) is -4.38. The Bertz CT molecular complexity index is 894. The van der Waals surface area contributed by atoms with Gasteiger partial charge in [-0.25, -0.2) is 9.78 Å². The topological polar surface area (TPSA) is 248 Å². The van der Waals surface area contributed by atoms with Crippen LogP contribution in [0.1, 0.15) is 58.1 Å². The molecule has 5 unspecified atom stereocenters. The number of carbonyl (C=O) groups is 5. The van der Waals surface area contributed by atoms with Gasteiger partial charge >= 0.3 is 5.97 Å². The number of nitrogens with one attached hydrogen (secondary N) is 4. The number of amides is 4. The maximum atomic E-state index is 13.2. The first-order valence-corrected chi connectivity index (χ1v) is 12.3. The highest BCUT2D eigenvalue weighted by atomic mass is 16.4. The summed E-state index contributed by atoms with van der Waals surface area (Å²) in [7, 11) is 0. The van der Waals surface area contributed by atoms with Crippen molar-refractivity contribution in [3.8, 4) is 0 Å². The monoisotopic (exact) mass is 524 g/mol. The fourth-order valence-electron chi connectivity index (χ4n) is 3.51. The molecule has 14 heteroatoms. The largest absolute Gasteiger partial charge is 0.480 e. The lowest BCUT2D eigenvalue weighted by Gasteiger charge is -2.26. The fourth-order valence-corrected chi connectivity index (χ4v) is 3.51. The zero-order chi connectivity index (χ0) is 28.0.